The number of carbonyl (C=O) groups excluding carboxylic acids is 2. The van der Waals surface area contributed by atoms with Crippen molar-refractivity contribution in [2.24, 2.45) is 0 Å². The fraction of sp³-hybridized carbons (Fsp3) is 0.647. The van der Waals surface area contributed by atoms with Gasteiger partial charge in [0.1, 0.15) is 5.00 Å². The van der Waals surface area contributed by atoms with E-state index in [1.807, 2.05) is 17.3 Å². The molecule has 1 aromatic rings. The van der Waals surface area contributed by atoms with Crippen LogP contribution in [0.25, 0.3) is 0 Å². The number of ether oxygens (including phenoxy) is 1. The van der Waals surface area contributed by atoms with E-state index in [2.05, 4.69) is 12.2 Å². The number of nitrogens with zero attached hydrogens (tertiary/aromatic N) is 1. The number of thiophene rings is 1. The van der Waals surface area contributed by atoms with Crippen molar-refractivity contribution in [3.8, 4) is 0 Å². The number of hydrogen-bond donors (Lipinski definition) is 1. The number of amides is 1. The maximum absolute atomic E-state index is 12.2. The van der Waals surface area contributed by atoms with E-state index in [1.165, 1.54) is 11.3 Å². The normalized spacial score (nSPS) is 14.1. The molecule has 0 saturated heterocycles. The number of likely N-dealkylation sites (N-methyl/N-ethyl adjacent to an activating group) is 1. The lowest BCUT2D eigenvalue weighted by molar-refractivity contribution is -0.117. The van der Waals surface area contributed by atoms with Gasteiger partial charge in [0.15, 0.2) is 0 Å². The summed E-state index contributed by atoms with van der Waals surface area (Å²) < 4.78 is 5.17. The number of esters is 1. The molecule has 0 atom stereocenters. The average molecular weight is 338 g/mol. The van der Waals surface area contributed by atoms with Gasteiger partial charge < -0.3 is 10.1 Å². The van der Waals surface area contributed by atoms with Crippen LogP contribution in [0.5, 0.6) is 0 Å². The molecule has 1 N–H and O–H groups in total. The Kier molecular flexibility index (Phi) is 6.59. The van der Waals surface area contributed by atoms with Gasteiger partial charge in [-0.25, -0.2) is 4.79 Å². The molecule has 5 nitrogen and oxygen atoms in total. The number of unbranched alkanes of at least 4 members (excludes halogenated alkanes) is 1. The predicted octanol–water partition coefficient (Wildman–Crippen LogP) is 3.47. The fourth-order valence-corrected chi connectivity index (χ4v) is 3.54. The zero-order chi connectivity index (χ0) is 16.8. The molecule has 1 saturated carbocycles. The molecule has 0 aliphatic heterocycles. The molecular weight excluding hydrogens is 312 g/mol. The van der Waals surface area contributed by atoms with Crippen molar-refractivity contribution < 1.29 is 14.3 Å². The smallest absolute Gasteiger partial charge is 0.341 e. The monoisotopic (exact) mass is 338 g/mol. The van der Waals surface area contributed by atoms with Gasteiger partial charge in [0, 0.05) is 0 Å². The van der Waals surface area contributed by atoms with Crippen molar-refractivity contribution in [1.29, 1.82) is 0 Å². The third kappa shape index (κ3) is 5.04. The molecule has 0 aromatic carbocycles. The zero-order valence-corrected chi connectivity index (χ0v) is 15.0. The second-order valence-corrected chi connectivity index (χ2v) is 6.91. The van der Waals surface area contributed by atoms with Crippen molar-refractivity contribution in [2.45, 2.75) is 45.4 Å². The maximum atomic E-state index is 12.2. The van der Waals surface area contributed by atoms with E-state index in [4.69, 9.17) is 4.74 Å². The molecule has 1 aromatic heterocycles. The summed E-state index contributed by atoms with van der Waals surface area (Å²) in [7, 11) is 1.94. The van der Waals surface area contributed by atoms with Gasteiger partial charge in [-0.2, -0.15) is 0 Å². The van der Waals surface area contributed by atoms with Gasteiger partial charge in [0.05, 0.1) is 18.7 Å². The summed E-state index contributed by atoms with van der Waals surface area (Å²) in [6, 6.07) is 0. The number of rotatable bonds is 9. The second kappa shape index (κ2) is 8.45. The molecule has 2 rings (SSSR count). The van der Waals surface area contributed by atoms with Gasteiger partial charge >= 0.3 is 5.97 Å². The second-order valence-electron chi connectivity index (χ2n) is 6.03. The Morgan fingerprint density at radius 1 is 1.39 bits per heavy atom. The maximum Gasteiger partial charge on any atom is 0.341 e. The first-order valence-electron chi connectivity index (χ1n) is 8.33. The van der Waals surface area contributed by atoms with Crippen molar-refractivity contribution in [2.75, 3.05) is 32.1 Å². The van der Waals surface area contributed by atoms with Crippen LogP contribution in [-0.4, -0.2) is 43.5 Å². The minimum Gasteiger partial charge on any atom is -0.462 e. The van der Waals surface area contributed by atoms with E-state index in [0.717, 1.165) is 37.8 Å². The Bertz CT molecular complexity index is 552. The molecule has 0 radical (unpaired) electrons. The van der Waals surface area contributed by atoms with Crippen molar-refractivity contribution >= 4 is 28.2 Å². The molecule has 23 heavy (non-hydrogen) atoms. The molecule has 1 aliphatic rings. The lowest BCUT2D eigenvalue weighted by Gasteiger charge is -2.15. The Labute approximate surface area is 142 Å². The first-order chi connectivity index (χ1) is 11.1. The molecule has 0 unspecified atom stereocenters. The van der Waals surface area contributed by atoms with Gasteiger partial charge in [-0.05, 0) is 56.6 Å². The molecule has 1 heterocycles. The molecule has 1 fully saturated rings. The van der Waals surface area contributed by atoms with Crippen LogP contribution >= 0.6 is 11.3 Å². The minimum atomic E-state index is -0.328. The number of carbonyl (C=O) groups is 2. The minimum absolute atomic E-state index is 0.0849. The van der Waals surface area contributed by atoms with Gasteiger partial charge in [0.2, 0.25) is 5.91 Å². The summed E-state index contributed by atoms with van der Waals surface area (Å²) in [6.07, 6.45) is 4.39. The molecular formula is C17H26N2O3S. The van der Waals surface area contributed by atoms with E-state index in [0.29, 0.717) is 29.6 Å². The Balaban J connectivity index is 2.04. The van der Waals surface area contributed by atoms with Crippen LogP contribution in [-0.2, 0) is 9.53 Å². The van der Waals surface area contributed by atoms with Crippen LogP contribution < -0.4 is 5.32 Å². The summed E-state index contributed by atoms with van der Waals surface area (Å²) in [5, 5.41) is 5.51. The largest absolute Gasteiger partial charge is 0.462 e. The third-order valence-corrected chi connectivity index (χ3v) is 4.79. The summed E-state index contributed by atoms with van der Waals surface area (Å²) in [5.41, 5.74) is 1.59. The standard InChI is InChI=1S/C17H26N2O3S/c1-4-6-9-19(3)10-14(20)18-16-15(17(21)22-5-2)13(11-23-16)12-7-8-12/h11-12H,4-10H2,1-3H3,(H,18,20). The fourth-order valence-electron chi connectivity index (χ4n) is 2.49. The van der Waals surface area contributed by atoms with Gasteiger partial charge in [-0.3, -0.25) is 9.69 Å². The first kappa shape index (κ1) is 17.9. The number of nitrogens with one attached hydrogen (secondary N) is 1. The first-order valence-corrected chi connectivity index (χ1v) is 9.21. The van der Waals surface area contributed by atoms with Gasteiger partial charge in [-0.1, -0.05) is 13.3 Å². The summed E-state index contributed by atoms with van der Waals surface area (Å²) in [4.78, 5) is 26.5. The van der Waals surface area contributed by atoms with Crippen LogP contribution in [0.4, 0.5) is 5.00 Å². The highest BCUT2D eigenvalue weighted by Gasteiger charge is 2.32. The Morgan fingerprint density at radius 2 is 2.13 bits per heavy atom. The van der Waals surface area contributed by atoms with E-state index in [-0.39, 0.29) is 11.9 Å². The Morgan fingerprint density at radius 3 is 2.74 bits per heavy atom. The molecule has 1 aliphatic carbocycles. The lowest BCUT2D eigenvalue weighted by atomic mass is 10.1. The van der Waals surface area contributed by atoms with E-state index in [1.54, 1.807) is 6.92 Å². The van der Waals surface area contributed by atoms with Crippen molar-refractivity contribution in [3.05, 3.63) is 16.5 Å². The van der Waals surface area contributed by atoms with Gasteiger partial charge in [-0.15, -0.1) is 11.3 Å². The SMILES string of the molecule is CCCCN(C)CC(=O)Nc1scc(C2CC2)c1C(=O)OCC. The van der Waals surface area contributed by atoms with Crippen molar-refractivity contribution in [3.63, 3.8) is 0 Å². The molecule has 0 spiro atoms. The van der Waals surface area contributed by atoms with E-state index < -0.39 is 0 Å². The van der Waals surface area contributed by atoms with Crippen LogP contribution in [0.2, 0.25) is 0 Å². The van der Waals surface area contributed by atoms with E-state index in [9.17, 15) is 9.59 Å². The topological polar surface area (TPSA) is 58.6 Å². The Hall–Kier alpha value is -1.40. The summed E-state index contributed by atoms with van der Waals surface area (Å²) in [6.45, 7) is 5.49. The molecule has 0 bridgehead atoms. The lowest BCUT2D eigenvalue weighted by Crippen LogP contribution is -2.31. The molecule has 1 amide bonds. The van der Waals surface area contributed by atoms with Crippen LogP contribution in [0, 0.1) is 0 Å². The third-order valence-electron chi connectivity index (χ3n) is 3.88. The zero-order valence-electron chi connectivity index (χ0n) is 14.2. The highest BCUT2D eigenvalue weighted by atomic mass is 32.1. The van der Waals surface area contributed by atoms with Crippen LogP contribution in [0.15, 0.2) is 5.38 Å². The predicted molar refractivity (Wildman–Crippen MR) is 93.3 cm³/mol. The summed E-state index contributed by atoms with van der Waals surface area (Å²) >= 11 is 1.42. The number of hydrogen-bond acceptors (Lipinski definition) is 5. The highest BCUT2D eigenvalue weighted by Crippen LogP contribution is 2.46. The van der Waals surface area contributed by atoms with Crippen LogP contribution in [0.3, 0.4) is 0 Å². The molecule has 6 heteroatoms. The molecule has 128 valence electrons. The van der Waals surface area contributed by atoms with E-state index >= 15 is 0 Å². The quantitative estimate of drug-likeness (QED) is 0.701. The average Bonchev–Trinajstić information content (AvgIpc) is 3.26. The van der Waals surface area contributed by atoms with Gasteiger partial charge in [0.25, 0.3) is 0 Å². The summed E-state index contributed by atoms with van der Waals surface area (Å²) in [5.74, 6) is 0.0344. The highest BCUT2D eigenvalue weighted by molar-refractivity contribution is 7.15. The van der Waals surface area contributed by atoms with Crippen LogP contribution in [0.1, 0.15) is 61.4 Å². The van der Waals surface area contributed by atoms with Crippen molar-refractivity contribution in [1.82, 2.24) is 4.90 Å². The number of anilines is 1.